The van der Waals surface area contributed by atoms with E-state index in [-0.39, 0.29) is 12.0 Å². The highest BCUT2D eigenvalue weighted by Gasteiger charge is 2.30. The van der Waals surface area contributed by atoms with Crippen LogP contribution in [0.4, 0.5) is 0 Å². The third kappa shape index (κ3) is 4.61. The van der Waals surface area contributed by atoms with Gasteiger partial charge in [-0.2, -0.15) is 0 Å². The minimum absolute atomic E-state index is 0.225. The standard InChI is InChI=1S/C12H24N2O3/c1-9(7-10-8-17-6-5-13-10)14-12(2,3)11(15)16-4/h9-10,13-14H,5-8H2,1-4H3. The molecule has 5 heteroatoms. The third-order valence-corrected chi connectivity index (χ3v) is 2.94. The van der Waals surface area contributed by atoms with E-state index in [9.17, 15) is 4.79 Å². The number of methoxy groups -OCH3 is 1. The van der Waals surface area contributed by atoms with Gasteiger partial charge >= 0.3 is 5.97 Å². The van der Waals surface area contributed by atoms with Crippen LogP contribution in [0.15, 0.2) is 0 Å². The average Bonchev–Trinajstić information content (AvgIpc) is 2.28. The predicted octanol–water partition coefficient (Wildman–Crippen LogP) is 0.295. The summed E-state index contributed by atoms with van der Waals surface area (Å²) in [5.41, 5.74) is -0.649. The lowest BCUT2D eigenvalue weighted by Gasteiger charge is -2.31. The van der Waals surface area contributed by atoms with Crippen LogP contribution in [0.5, 0.6) is 0 Å². The van der Waals surface area contributed by atoms with Gasteiger partial charge in [-0.25, -0.2) is 0 Å². The van der Waals surface area contributed by atoms with Crippen molar-refractivity contribution in [3.8, 4) is 0 Å². The van der Waals surface area contributed by atoms with Crippen LogP contribution in [-0.4, -0.2) is 50.5 Å². The number of carbonyl (C=O) groups is 1. The molecule has 0 radical (unpaired) electrons. The first-order valence-corrected chi connectivity index (χ1v) is 6.13. The molecule has 0 aliphatic carbocycles. The van der Waals surface area contributed by atoms with Gasteiger partial charge in [-0.3, -0.25) is 10.1 Å². The zero-order valence-corrected chi connectivity index (χ0v) is 11.2. The molecule has 0 spiro atoms. The van der Waals surface area contributed by atoms with Crippen LogP contribution >= 0.6 is 0 Å². The molecular weight excluding hydrogens is 220 g/mol. The lowest BCUT2D eigenvalue weighted by molar-refractivity contribution is -0.147. The highest BCUT2D eigenvalue weighted by molar-refractivity contribution is 5.79. The number of hydrogen-bond acceptors (Lipinski definition) is 5. The van der Waals surface area contributed by atoms with Gasteiger partial charge in [0.2, 0.25) is 0 Å². The van der Waals surface area contributed by atoms with E-state index in [0.29, 0.717) is 6.04 Å². The maximum Gasteiger partial charge on any atom is 0.325 e. The van der Waals surface area contributed by atoms with Crippen molar-refractivity contribution >= 4 is 5.97 Å². The van der Waals surface area contributed by atoms with Gasteiger partial charge in [-0.1, -0.05) is 0 Å². The molecular formula is C12H24N2O3. The molecule has 0 aromatic rings. The predicted molar refractivity (Wildman–Crippen MR) is 65.9 cm³/mol. The first kappa shape index (κ1) is 14.4. The topological polar surface area (TPSA) is 59.6 Å². The van der Waals surface area contributed by atoms with E-state index in [1.54, 1.807) is 0 Å². The molecule has 0 saturated carbocycles. The SMILES string of the molecule is COC(=O)C(C)(C)NC(C)CC1COCCN1. The van der Waals surface area contributed by atoms with E-state index in [1.165, 1.54) is 7.11 Å². The smallest absolute Gasteiger partial charge is 0.325 e. The monoisotopic (exact) mass is 244 g/mol. The third-order valence-electron chi connectivity index (χ3n) is 2.94. The summed E-state index contributed by atoms with van der Waals surface area (Å²) >= 11 is 0. The average molecular weight is 244 g/mol. The van der Waals surface area contributed by atoms with E-state index in [2.05, 4.69) is 17.6 Å². The van der Waals surface area contributed by atoms with Crippen molar-refractivity contribution in [2.45, 2.75) is 44.8 Å². The van der Waals surface area contributed by atoms with E-state index in [4.69, 9.17) is 9.47 Å². The molecule has 1 aliphatic rings. The molecule has 100 valence electrons. The van der Waals surface area contributed by atoms with E-state index in [1.807, 2.05) is 13.8 Å². The molecule has 0 bridgehead atoms. The van der Waals surface area contributed by atoms with Gasteiger partial charge in [-0.15, -0.1) is 0 Å². The Morgan fingerprint density at radius 1 is 1.65 bits per heavy atom. The molecule has 1 saturated heterocycles. The van der Waals surface area contributed by atoms with Gasteiger partial charge in [0.05, 0.1) is 20.3 Å². The molecule has 0 amide bonds. The lowest BCUT2D eigenvalue weighted by Crippen LogP contribution is -2.53. The second kappa shape index (κ2) is 6.33. The molecule has 2 atom stereocenters. The van der Waals surface area contributed by atoms with Crippen LogP contribution in [0.3, 0.4) is 0 Å². The molecule has 0 aromatic heterocycles. The van der Waals surface area contributed by atoms with Crippen molar-refractivity contribution in [3.63, 3.8) is 0 Å². The van der Waals surface area contributed by atoms with Crippen molar-refractivity contribution in [2.24, 2.45) is 0 Å². The molecule has 1 heterocycles. The number of morpholine rings is 1. The summed E-state index contributed by atoms with van der Waals surface area (Å²) in [4.78, 5) is 11.5. The van der Waals surface area contributed by atoms with Crippen molar-refractivity contribution in [2.75, 3.05) is 26.9 Å². The van der Waals surface area contributed by atoms with Crippen LogP contribution in [0.1, 0.15) is 27.2 Å². The first-order chi connectivity index (χ1) is 7.95. The number of rotatable bonds is 5. The van der Waals surface area contributed by atoms with Crippen molar-refractivity contribution in [1.29, 1.82) is 0 Å². The summed E-state index contributed by atoms with van der Waals surface area (Å²) in [5.74, 6) is -0.239. The van der Waals surface area contributed by atoms with Crippen molar-refractivity contribution in [3.05, 3.63) is 0 Å². The molecule has 1 aliphatic heterocycles. The van der Waals surface area contributed by atoms with Gasteiger partial charge in [-0.05, 0) is 27.2 Å². The second-order valence-electron chi connectivity index (χ2n) is 5.12. The fourth-order valence-electron chi connectivity index (χ4n) is 2.19. The lowest BCUT2D eigenvalue weighted by atomic mass is 10.0. The summed E-state index contributed by atoms with van der Waals surface area (Å²) in [7, 11) is 1.41. The Morgan fingerprint density at radius 3 is 2.88 bits per heavy atom. The van der Waals surface area contributed by atoms with E-state index >= 15 is 0 Å². The minimum atomic E-state index is -0.649. The Kier molecular flexibility index (Phi) is 5.36. The fraction of sp³-hybridized carbons (Fsp3) is 0.917. The maximum atomic E-state index is 11.5. The zero-order chi connectivity index (χ0) is 12.9. The number of ether oxygens (including phenoxy) is 2. The van der Waals surface area contributed by atoms with Crippen molar-refractivity contribution < 1.29 is 14.3 Å². The molecule has 1 fully saturated rings. The highest BCUT2D eigenvalue weighted by Crippen LogP contribution is 2.10. The first-order valence-electron chi connectivity index (χ1n) is 6.13. The maximum absolute atomic E-state index is 11.5. The summed E-state index contributed by atoms with van der Waals surface area (Å²) < 4.78 is 10.2. The summed E-state index contributed by atoms with van der Waals surface area (Å²) in [6, 6.07) is 0.586. The van der Waals surface area contributed by atoms with Crippen molar-refractivity contribution in [1.82, 2.24) is 10.6 Å². The number of esters is 1. The van der Waals surface area contributed by atoms with Crippen LogP contribution < -0.4 is 10.6 Å². The molecule has 0 aromatic carbocycles. The van der Waals surface area contributed by atoms with Gasteiger partial charge in [0, 0.05) is 18.6 Å². The summed E-state index contributed by atoms with van der Waals surface area (Å²) in [6.07, 6.45) is 0.931. The Balaban J connectivity index is 2.37. The normalized spacial score (nSPS) is 23.2. The Morgan fingerprint density at radius 2 is 2.35 bits per heavy atom. The quantitative estimate of drug-likeness (QED) is 0.681. The Hall–Kier alpha value is -0.650. The number of nitrogens with one attached hydrogen (secondary N) is 2. The van der Waals surface area contributed by atoms with E-state index in [0.717, 1.165) is 26.2 Å². The highest BCUT2D eigenvalue weighted by atomic mass is 16.5. The number of hydrogen-bond donors (Lipinski definition) is 2. The van der Waals surface area contributed by atoms with Crippen LogP contribution in [0, 0.1) is 0 Å². The summed E-state index contributed by atoms with van der Waals surface area (Å²) in [6.45, 7) is 8.16. The molecule has 5 nitrogen and oxygen atoms in total. The molecule has 17 heavy (non-hydrogen) atoms. The summed E-state index contributed by atoms with van der Waals surface area (Å²) in [5, 5.41) is 6.68. The molecule has 2 N–H and O–H groups in total. The van der Waals surface area contributed by atoms with Gasteiger partial charge in [0.1, 0.15) is 5.54 Å². The van der Waals surface area contributed by atoms with Crippen LogP contribution in [-0.2, 0) is 14.3 Å². The van der Waals surface area contributed by atoms with Gasteiger partial charge in [0.25, 0.3) is 0 Å². The Bertz CT molecular complexity index is 250. The van der Waals surface area contributed by atoms with Crippen LogP contribution in [0.2, 0.25) is 0 Å². The van der Waals surface area contributed by atoms with Gasteiger partial charge < -0.3 is 14.8 Å². The van der Waals surface area contributed by atoms with Gasteiger partial charge in [0.15, 0.2) is 0 Å². The number of carbonyl (C=O) groups excluding carboxylic acids is 1. The molecule has 1 rings (SSSR count). The Labute approximate surface area is 103 Å². The van der Waals surface area contributed by atoms with E-state index < -0.39 is 5.54 Å². The molecule has 2 unspecified atom stereocenters. The van der Waals surface area contributed by atoms with Crippen LogP contribution in [0.25, 0.3) is 0 Å². The second-order valence-corrected chi connectivity index (χ2v) is 5.12. The minimum Gasteiger partial charge on any atom is -0.468 e. The largest absolute Gasteiger partial charge is 0.468 e. The zero-order valence-electron chi connectivity index (χ0n) is 11.2. The fourth-order valence-corrected chi connectivity index (χ4v) is 2.19.